The molecule has 0 N–H and O–H groups in total. The molecular formula is C27H34O6. The highest BCUT2D eigenvalue weighted by Gasteiger charge is 2.23. The number of carbonyl (C=O) groups is 2. The van der Waals surface area contributed by atoms with Crippen LogP contribution in [0.25, 0.3) is 0 Å². The van der Waals surface area contributed by atoms with Gasteiger partial charge in [-0.15, -0.1) is 0 Å². The molecule has 0 spiro atoms. The van der Waals surface area contributed by atoms with Crippen LogP contribution in [0.2, 0.25) is 0 Å². The molecule has 0 saturated carbocycles. The number of carbonyl (C=O) groups excluding carboxylic acids is 2. The van der Waals surface area contributed by atoms with Crippen molar-refractivity contribution in [3.05, 3.63) is 71.8 Å². The molecule has 2 aromatic rings. The number of ether oxygens (including phenoxy) is 4. The van der Waals surface area contributed by atoms with Gasteiger partial charge in [-0.05, 0) is 62.2 Å². The molecule has 0 amide bonds. The Morgan fingerprint density at radius 3 is 1.70 bits per heavy atom. The van der Waals surface area contributed by atoms with E-state index in [0.717, 1.165) is 17.4 Å². The van der Waals surface area contributed by atoms with Crippen LogP contribution in [0.1, 0.15) is 45.7 Å². The second-order valence-electron chi connectivity index (χ2n) is 8.53. The number of rotatable bonds is 12. The van der Waals surface area contributed by atoms with Gasteiger partial charge in [-0.1, -0.05) is 38.1 Å². The summed E-state index contributed by atoms with van der Waals surface area (Å²) >= 11 is 0. The quantitative estimate of drug-likeness (QED) is 0.336. The summed E-state index contributed by atoms with van der Waals surface area (Å²) in [5.41, 5.74) is 2.11. The zero-order valence-corrected chi connectivity index (χ0v) is 20.3. The van der Waals surface area contributed by atoms with E-state index in [0.29, 0.717) is 12.4 Å². The smallest absolute Gasteiger partial charge is 0.331 e. The first-order chi connectivity index (χ1) is 15.6. The predicted octanol–water partition coefficient (Wildman–Crippen LogP) is 4.88. The van der Waals surface area contributed by atoms with Crippen LogP contribution in [-0.2, 0) is 24.5 Å². The molecule has 0 bridgehead atoms. The van der Waals surface area contributed by atoms with Gasteiger partial charge in [-0.3, -0.25) is 4.79 Å². The molecule has 178 valence electrons. The first-order valence-electron chi connectivity index (χ1n) is 11.0. The van der Waals surface area contributed by atoms with Crippen LogP contribution in [0.5, 0.6) is 11.5 Å². The molecule has 2 atom stereocenters. The molecule has 0 aliphatic heterocycles. The summed E-state index contributed by atoms with van der Waals surface area (Å²) in [5, 5.41) is 0. The van der Waals surface area contributed by atoms with E-state index in [9.17, 15) is 9.59 Å². The zero-order chi connectivity index (χ0) is 24.4. The molecule has 0 saturated heterocycles. The van der Waals surface area contributed by atoms with E-state index in [1.54, 1.807) is 14.0 Å². The van der Waals surface area contributed by atoms with Crippen molar-refractivity contribution in [2.75, 3.05) is 20.3 Å². The minimum atomic E-state index is -0.567. The summed E-state index contributed by atoms with van der Waals surface area (Å²) in [7, 11) is 1.67. The van der Waals surface area contributed by atoms with Crippen molar-refractivity contribution in [3.8, 4) is 11.5 Å². The van der Waals surface area contributed by atoms with Gasteiger partial charge >= 0.3 is 5.97 Å². The summed E-state index contributed by atoms with van der Waals surface area (Å²) in [6.07, 6.45) is 1.89. The van der Waals surface area contributed by atoms with Gasteiger partial charge in [0.1, 0.15) is 30.8 Å². The third kappa shape index (κ3) is 8.39. The molecule has 0 heterocycles. The summed E-state index contributed by atoms with van der Waals surface area (Å²) in [6, 6.07) is 16.0. The standard InChI is InChI=1S/C27H34O6/c1-19(28)7-16-26(29)33-21(3)18-32-25-14-10-23(11-15-25)27(4,5)22-8-12-24(13-9-22)31-17-20(2)30-6/h7-16,20-21H,17-18H2,1-6H3. The Hall–Kier alpha value is -3.12. The first kappa shape index (κ1) is 26.1. The minimum Gasteiger partial charge on any atom is -0.491 e. The highest BCUT2D eigenvalue weighted by molar-refractivity contribution is 5.94. The number of ketones is 1. The van der Waals surface area contributed by atoms with E-state index < -0.39 is 12.1 Å². The van der Waals surface area contributed by atoms with Crippen molar-refractivity contribution in [3.63, 3.8) is 0 Å². The fraction of sp³-hybridized carbons (Fsp3) is 0.407. The van der Waals surface area contributed by atoms with E-state index in [2.05, 4.69) is 26.0 Å². The van der Waals surface area contributed by atoms with Gasteiger partial charge in [0.2, 0.25) is 0 Å². The number of methoxy groups -OCH3 is 1. The van der Waals surface area contributed by atoms with Gasteiger partial charge in [0.05, 0.1) is 6.10 Å². The summed E-state index contributed by atoms with van der Waals surface area (Å²) in [6.45, 7) is 10.1. The van der Waals surface area contributed by atoms with Crippen LogP contribution in [0, 0.1) is 0 Å². The lowest BCUT2D eigenvalue weighted by molar-refractivity contribution is -0.143. The Bertz CT molecular complexity index is 928. The summed E-state index contributed by atoms with van der Waals surface area (Å²) in [4.78, 5) is 22.5. The minimum absolute atomic E-state index is 0.0421. The van der Waals surface area contributed by atoms with Gasteiger partial charge in [-0.2, -0.15) is 0 Å². The van der Waals surface area contributed by atoms with Gasteiger partial charge < -0.3 is 18.9 Å². The van der Waals surface area contributed by atoms with Gasteiger partial charge in [0.25, 0.3) is 0 Å². The average Bonchev–Trinajstić information content (AvgIpc) is 2.80. The molecule has 2 rings (SSSR count). The molecule has 0 aromatic heterocycles. The van der Waals surface area contributed by atoms with Gasteiger partial charge in [0.15, 0.2) is 5.78 Å². The van der Waals surface area contributed by atoms with Crippen molar-refractivity contribution in [1.29, 1.82) is 0 Å². The second kappa shape index (κ2) is 12.2. The number of benzene rings is 2. The molecule has 6 nitrogen and oxygen atoms in total. The largest absolute Gasteiger partial charge is 0.491 e. The number of allylic oxidation sites excluding steroid dienone is 1. The number of hydrogen-bond acceptors (Lipinski definition) is 6. The van der Waals surface area contributed by atoms with Crippen molar-refractivity contribution >= 4 is 11.8 Å². The topological polar surface area (TPSA) is 71.1 Å². The lowest BCUT2D eigenvalue weighted by atomic mass is 9.78. The molecule has 0 radical (unpaired) electrons. The SMILES string of the molecule is COC(C)COc1ccc(C(C)(C)c2ccc(OCC(C)OC(=O)C=CC(C)=O)cc2)cc1. The molecule has 0 aliphatic carbocycles. The molecule has 0 aliphatic rings. The molecule has 2 unspecified atom stereocenters. The van der Waals surface area contributed by atoms with Crippen molar-refractivity contribution in [2.24, 2.45) is 0 Å². The van der Waals surface area contributed by atoms with E-state index in [4.69, 9.17) is 18.9 Å². The van der Waals surface area contributed by atoms with E-state index in [1.165, 1.54) is 18.6 Å². The average molecular weight is 455 g/mol. The Morgan fingerprint density at radius 1 is 0.818 bits per heavy atom. The molecule has 6 heteroatoms. The van der Waals surface area contributed by atoms with Gasteiger partial charge in [-0.25, -0.2) is 4.79 Å². The maximum Gasteiger partial charge on any atom is 0.331 e. The Labute approximate surface area is 196 Å². The van der Waals surface area contributed by atoms with Crippen LogP contribution in [0.3, 0.4) is 0 Å². The fourth-order valence-electron chi connectivity index (χ4n) is 3.05. The highest BCUT2D eigenvalue weighted by Crippen LogP contribution is 2.33. The van der Waals surface area contributed by atoms with Crippen LogP contribution in [-0.4, -0.2) is 44.3 Å². The second-order valence-corrected chi connectivity index (χ2v) is 8.53. The van der Waals surface area contributed by atoms with E-state index >= 15 is 0 Å². The van der Waals surface area contributed by atoms with Crippen LogP contribution in [0.15, 0.2) is 60.7 Å². The first-order valence-corrected chi connectivity index (χ1v) is 11.0. The Morgan fingerprint density at radius 2 is 1.27 bits per heavy atom. The van der Waals surface area contributed by atoms with Crippen LogP contribution >= 0.6 is 0 Å². The van der Waals surface area contributed by atoms with Crippen molar-refractivity contribution in [2.45, 2.75) is 52.2 Å². The normalized spacial score (nSPS) is 13.4. The molecule has 33 heavy (non-hydrogen) atoms. The van der Waals surface area contributed by atoms with Crippen LogP contribution in [0.4, 0.5) is 0 Å². The monoisotopic (exact) mass is 454 g/mol. The van der Waals surface area contributed by atoms with Crippen LogP contribution < -0.4 is 9.47 Å². The Balaban J connectivity index is 1.93. The van der Waals surface area contributed by atoms with Gasteiger partial charge in [0, 0.05) is 18.6 Å². The predicted molar refractivity (Wildman–Crippen MR) is 128 cm³/mol. The maximum absolute atomic E-state index is 11.6. The third-order valence-electron chi connectivity index (χ3n) is 5.30. The lowest BCUT2D eigenvalue weighted by Gasteiger charge is -2.26. The zero-order valence-electron chi connectivity index (χ0n) is 20.3. The highest BCUT2D eigenvalue weighted by atomic mass is 16.6. The molecule has 0 fully saturated rings. The summed E-state index contributed by atoms with van der Waals surface area (Å²) in [5.74, 6) is 0.726. The van der Waals surface area contributed by atoms with E-state index in [1.807, 2.05) is 43.3 Å². The van der Waals surface area contributed by atoms with Crippen molar-refractivity contribution in [1.82, 2.24) is 0 Å². The molecule has 2 aromatic carbocycles. The molecular weight excluding hydrogens is 420 g/mol. The van der Waals surface area contributed by atoms with Crippen molar-refractivity contribution < 1.29 is 28.5 Å². The fourth-order valence-corrected chi connectivity index (χ4v) is 3.05. The lowest BCUT2D eigenvalue weighted by Crippen LogP contribution is -2.21. The van der Waals surface area contributed by atoms with E-state index in [-0.39, 0.29) is 23.9 Å². The summed E-state index contributed by atoms with van der Waals surface area (Å²) < 4.78 is 21.9. The number of hydrogen-bond donors (Lipinski definition) is 0. The third-order valence-corrected chi connectivity index (χ3v) is 5.30. The Kier molecular flexibility index (Phi) is 9.67. The maximum atomic E-state index is 11.6. The number of esters is 1.